The number of hydrogen-bond acceptors (Lipinski definition) is 1. The Bertz CT molecular complexity index is 542. The number of benzene rings is 2. The standard InChI is InChI=1S/C16H19N3/c1-12(2)18-16(17)19-15-10-8-14(9-11-15)13-6-4-3-5-7-13/h3-12H,1-2H3,(H3,17,18,19). The molecule has 0 spiro atoms. The zero-order valence-corrected chi connectivity index (χ0v) is 11.3. The fraction of sp³-hybridized carbons (Fsp3) is 0.188. The van der Waals surface area contributed by atoms with Crippen molar-refractivity contribution >= 4 is 11.6 Å². The van der Waals surface area contributed by atoms with E-state index in [0.717, 1.165) is 5.69 Å². The third-order valence-corrected chi connectivity index (χ3v) is 2.66. The number of guanidine groups is 1. The molecule has 2 aromatic rings. The van der Waals surface area contributed by atoms with E-state index in [9.17, 15) is 0 Å². The first-order valence-corrected chi connectivity index (χ1v) is 6.41. The number of nitrogens with two attached hydrogens (primary N) is 1. The second kappa shape index (κ2) is 6.05. The molecule has 3 nitrogen and oxygen atoms in total. The highest BCUT2D eigenvalue weighted by molar-refractivity contribution is 5.92. The highest BCUT2D eigenvalue weighted by atomic mass is 15.1. The lowest BCUT2D eigenvalue weighted by molar-refractivity contribution is 0.833. The lowest BCUT2D eigenvalue weighted by atomic mass is 10.1. The van der Waals surface area contributed by atoms with Gasteiger partial charge >= 0.3 is 0 Å². The van der Waals surface area contributed by atoms with Crippen molar-refractivity contribution in [1.82, 2.24) is 0 Å². The number of anilines is 1. The van der Waals surface area contributed by atoms with Gasteiger partial charge in [-0.25, -0.2) is 0 Å². The molecule has 2 rings (SSSR count). The van der Waals surface area contributed by atoms with Crippen LogP contribution in [0.4, 0.5) is 5.69 Å². The Balaban J connectivity index is 2.11. The third-order valence-electron chi connectivity index (χ3n) is 2.66. The van der Waals surface area contributed by atoms with Crippen LogP contribution in [0.1, 0.15) is 13.8 Å². The van der Waals surface area contributed by atoms with Crippen molar-refractivity contribution in [3.63, 3.8) is 0 Å². The zero-order valence-electron chi connectivity index (χ0n) is 11.3. The molecule has 0 atom stereocenters. The maximum absolute atomic E-state index is 5.79. The van der Waals surface area contributed by atoms with Gasteiger partial charge in [0.2, 0.25) is 0 Å². The second-order valence-electron chi connectivity index (χ2n) is 4.68. The van der Waals surface area contributed by atoms with Crippen LogP contribution in [0, 0.1) is 0 Å². The van der Waals surface area contributed by atoms with Gasteiger partial charge in [0.05, 0.1) is 0 Å². The van der Waals surface area contributed by atoms with E-state index in [1.165, 1.54) is 11.1 Å². The van der Waals surface area contributed by atoms with E-state index in [-0.39, 0.29) is 6.04 Å². The first-order valence-electron chi connectivity index (χ1n) is 6.41. The summed E-state index contributed by atoms with van der Waals surface area (Å²) >= 11 is 0. The van der Waals surface area contributed by atoms with E-state index in [1.54, 1.807) is 0 Å². The summed E-state index contributed by atoms with van der Waals surface area (Å²) in [5, 5.41) is 3.08. The van der Waals surface area contributed by atoms with E-state index < -0.39 is 0 Å². The summed E-state index contributed by atoms with van der Waals surface area (Å²) < 4.78 is 0. The Morgan fingerprint density at radius 1 is 0.947 bits per heavy atom. The monoisotopic (exact) mass is 253 g/mol. The van der Waals surface area contributed by atoms with E-state index >= 15 is 0 Å². The first-order chi connectivity index (χ1) is 9.15. The average molecular weight is 253 g/mol. The summed E-state index contributed by atoms with van der Waals surface area (Å²) in [4.78, 5) is 4.24. The summed E-state index contributed by atoms with van der Waals surface area (Å²) in [5.74, 6) is 0.447. The molecule has 0 unspecified atom stereocenters. The van der Waals surface area contributed by atoms with Gasteiger partial charge in [-0.15, -0.1) is 0 Å². The van der Waals surface area contributed by atoms with Gasteiger partial charge in [0, 0.05) is 11.7 Å². The zero-order chi connectivity index (χ0) is 13.7. The molecule has 0 heterocycles. The number of nitrogens with one attached hydrogen (secondary N) is 1. The summed E-state index contributed by atoms with van der Waals surface area (Å²) in [6.07, 6.45) is 0. The minimum atomic E-state index is 0.191. The van der Waals surface area contributed by atoms with Gasteiger partial charge in [0.25, 0.3) is 0 Å². The van der Waals surface area contributed by atoms with Crippen molar-refractivity contribution in [2.75, 3.05) is 5.32 Å². The van der Waals surface area contributed by atoms with Gasteiger partial charge in [-0.2, -0.15) is 0 Å². The van der Waals surface area contributed by atoms with Crippen LogP contribution in [0.25, 0.3) is 11.1 Å². The Labute approximate surface area is 114 Å². The molecule has 0 amide bonds. The molecule has 2 aromatic carbocycles. The predicted molar refractivity (Wildman–Crippen MR) is 82.3 cm³/mol. The molecule has 3 heteroatoms. The van der Waals surface area contributed by atoms with Crippen LogP contribution in [0.15, 0.2) is 59.6 Å². The number of aliphatic imine (C=N–C) groups is 1. The SMILES string of the molecule is CC(C)N=C(N)Nc1ccc(-c2ccccc2)cc1. The number of rotatable bonds is 3. The van der Waals surface area contributed by atoms with Crippen molar-refractivity contribution in [3.05, 3.63) is 54.6 Å². The predicted octanol–water partition coefficient (Wildman–Crippen LogP) is 3.49. The second-order valence-corrected chi connectivity index (χ2v) is 4.68. The summed E-state index contributed by atoms with van der Waals surface area (Å²) in [6, 6.07) is 18.6. The Morgan fingerprint density at radius 3 is 2.11 bits per heavy atom. The third kappa shape index (κ3) is 3.85. The van der Waals surface area contributed by atoms with Crippen LogP contribution >= 0.6 is 0 Å². The smallest absolute Gasteiger partial charge is 0.193 e. The van der Waals surface area contributed by atoms with Crippen LogP contribution in [0.5, 0.6) is 0 Å². The lowest BCUT2D eigenvalue weighted by Crippen LogP contribution is -2.23. The molecule has 0 fully saturated rings. The summed E-state index contributed by atoms with van der Waals surface area (Å²) in [6.45, 7) is 3.99. The molecule has 0 aliphatic carbocycles. The van der Waals surface area contributed by atoms with E-state index in [1.807, 2.05) is 44.2 Å². The molecule has 0 aromatic heterocycles. The fourth-order valence-electron chi connectivity index (χ4n) is 1.83. The van der Waals surface area contributed by atoms with Crippen LogP contribution in [0.2, 0.25) is 0 Å². The van der Waals surface area contributed by atoms with Gasteiger partial charge in [-0.1, -0.05) is 42.5 Å². The minimum absolute atomic E-state index is 0.191. The Hall–Kier alpha value is -2.29. The van der Waals surface area contributed by atoms with Crippen LogP contribution in [-0.2, 0) is 0 Å². The molecule has 0 aliphatic rings. The lowest BCUT2D eigenvalue weighted by Gasteiger charge is -2.08. The van der Waals surface area contributed by atoms with Gasteiger partial charge in [-0.3, -0.25) is 4.99 Å². The largest absolute Gasteiger partial charge is 0.370 e. The molecule has 0 aliphatic heterocycles. The van der Waals surface area contributed by atoms with Crippen molar-refractivity contribution in [2.45, 2.75) is 19.9 Å². The van der Waals surface area contributed by atoms with E-state index in [2.05, 4.69) is 34.6 Å². The maximum atomic E-state index is 5.79. The molecule has 0 radical (unpaired) electrons. The first kappa shape index (κ1) is 13.1. The summed E-state index contributed by atoms with van der Waals surface area (Å²) in [7, 11) is 0. The Kier molecular flexibility index (Phi) is 4.18. The topological polar surface area (TPSA) is 50.4 Å². The fourth-order valence-corrected chi connectivity index (χ4v) is 1.83. The van der Waals surface area contributed by atoms with E-state index in [4.69, 9.17) is 5.73 Å². The molecule has 98 valence electrons. The van der Waals surface area contributed by atoms with E-state index in [0.29, 0.717) is 5.96 Å². The van der Waals surface area contributed by atoms with Gasteiger partial charge in [0.1, 0.15) is 0 Å². The van der Waals surface area contributed by atoms with Gasteiger partial charge in [-0.05, 0) is 37.1 Å². The molecule has 0 saturated carbocycles. The van der Waals surface area contributed by atoms with Crippen LogP contribution in [0.3, 0.4) is 0 Å². The molecule has 0 bridgehead atoms. The quantitative estimate of drug-likeness (QED) is 0.650. The van der Waals surface area contributed by atoms with Crippen molar-refractivity contribution in [2.24, 2.45) is 10.7 Å². The maximum Gasteiger partial charge on any atom is 0.193 e. The van der Waals surface area contributed by atoms with Crippen LogP contribution < -0.4 is 11.1 Å². The molecular weight excluding hydrogens is 234 g/mol. The van der Waals surface area contributed by atoms with Crippen molar-refractivity contribution in [1.29, 1.82) is 0 Å². The number of hydrogen-bond donors (Lipinski definition) is 2. The van der Waals surface area contributed by atoms with Gasteiger partial charge in [0.15, 0.2) is 5.96 Å². The number of nitrogens with zero attached hydrogens (tertiary/aromatic N) is 1. The molecular formula is C16H19N3. The normalized spacial score (nSPS) is 11.6. The molecule has 3 N–H and O–H groups in total. The van der Waals surface area contributed by atoms with Crippen molar-refractivity contribution in [3.8, 4) is 11.1 Å². The summed E-state index contributed by atoms with van der Waals surface area (Å²) in [5.41, 5.74) is 9.13. The highest BCUT2D eigenvalue weighted by Gasteiger charge is 1.99. The molecule has 19 heavy (non-hydrogen) atoms. The highest BCUT2D eigenvalue weighted by Crippen LogP contribution is 2.20. The van der Waals surface area contributed by atoms with Crippen molar-refractivity contribution < 1.29 is 0 Å². The minimum Gasteiger partial charge on any atom is -0.370 e. The Morgan fingerprint density at radius 2 is 1.53 bits per heavy atom. The van der Waals surface area contributed by atoms with Crippen LogP contribution in [-0.4, -0.2) is 12.0 Å². The average Bonchev–Trinajstić information content (AvgIpc) is 2.39. The molecule has 0 saturated heterocycles. The van der Waals surface area contributed by atoms with Gasteiger partial charge < -0.3 is 11.1 Å².